The van der Waals surface area contributed by atoms with Crippen molar-refractivity contribution < 1.29 is 22.3 Å². The molecule has 0 aliphatic rings. The standard InChI is InChI=1S/C21H19FN2O4S/c1-28-18-8-10-19(11-9-18)29(26,27)20(16-3-2-12-23-13-16)14-24-21(25)15-4-6-17(22)7-5-15/h2-13,20H,14H2,1H3,(H,24,25)/t20-/m0/s1. The van der Waals surface area contributed by atoms with E-state index in [0.29, 0.717) is 11.3 Å². The maximum absolute atomic E-state index is 13.3. The van der Waals surface area contributed by atoms with Crippen molar-refractivity contribution in [3.63, 3.8) is 0 Å². The lowest BCUT2D eigenvalue weighted by molar-refractivity contribution is 0.0953. The Labute approximate surface area is 168 Å². The Morgan fingerprint density at radius 1 is 1.10 bits per heavy atom. The van der Waals surface area contributed by atoms with Crippen LogP contribution in [-0.2, 0) is 9.84 Å². The van der Waals surface area contributed by atoms with Gasteiger partial charge in [0.1, 0.15) is 16.8 Å². The SMILES string of the molecule is COc1ccc(S(=O)(=O)[C@@H](CNC(=O)c2ccc(F)cc2)c2cccnc2)cc1. The number of hydrogen-bond donors (Lipinski definition) is 1. The molecule has 0 spiro atoms. The second-order valence-corrected chi connectivity index (χ2v) is 8.34. The Morgan fingerprint density at radius 2 is 1.79 bits per heavy atom. The molecule has 1 amide bonds. The van der Waals surface area contributed by atoms with E-state index in [1.807, 2.05) is 0 Å². The normalized spacial score (nSPS) is 12.2. The average Bonchev–Trinajstić information content (AvgIpc) is 2.75. The molecule has 0 aliphatic heterocycles. The molecule has 1 heterocycles. The molecule has 6 nitrogen and oxygen atoms in total. The minimum atomic E-state index is -3.83. The van der Waals surface area contributed by atoms with Gasteiger partial charge in [0, 0.05) is 24.5 Å². The number of hydrogen-bond acceptors (Lipinski definition) is 5. The van der Waals surface area contributed by atoms with Crippen LogP contribution in [0.4, 0.5) is 4.39 Å². The van der Waals surface area contributed by atoms with Gasteiger partial charge in [0.2, 0.25) is 0 Å². The van der Waals surface area contributed by atoms with E-state index in [-0.39, 0.29) is 17.0 Å². The van der Waals surface area contributed by atoms with E-state index in [2.05, 4.69) is 10.3 Å². The van der Waals surface area contributed by atoms with Gasteiger partial charge in [-0.2, -0.15) is 0 Å². The smallest absolute Gasteiger partial charge is 0.251 e. The molecular formula is C21H19FN2O4S. The molecule has 0 saturated carbocycles. The Bertz CT molecular complexity index is 1070. The van der Waals surface area contributed by atoms with Crippen LogP contribution in [0.25, 0.3) is 0 Å². The number of nitrogens with zero attached hydrogens (tertiary/aromatic N) is 1. The average molecular weight is 414 g/mol. The number of pyridine rings is 1. The first-order valence-corrected chi connectivity index (χ1v) is 10.3. The summed E-state index contributed by atoms with van der Waals surface area (Å²) >= 11 is 0. The van der Waals surface area contributed by atoms with Gasteiger partial charge >= 0.3 is 0 Å². The molecule has 3 aromatic rings. The summed E-state index contributed by atoms with van der Waals surface area (Å²) < 4.78 is 44.6. The second kappa shape index (κ2) is 8.83. The Morgan fingerprint density at radius 3 is 2.38 bits per heavy atom. The molecule has 0 aliphatic carbocycles. The lowest BCUT2D eigenvalue weighted by atomic mass is 10.2. The number of ether oxygens (including phenoxy) is 1. The Kier molecular flexibility index (Phi) is 6.23. The number of carbonyl (C=O) groups is 1. The molecule has 0 radical (unpaired) electrons. The van der Waals surface area contributed by atoms with Gasteiger partial charge in [-0.1, -0.05) is 6.07 Å². The monoisotopic (exact) mass is 414 g/mol. The maximum Gasteiger partial charge on any atom is 0.251 e. The van der Waals surface area contributed by atoms with E-state index in [9.17, 15) is 17.6 Å². The van der Waals surface area contributed by atoms with E-state index in [1.54, 1.807) is 24.3 Å². The fourth-order valence-corrected chi connectivity index (χ4v) is 4.44. The number of nitrogens with one attached hydrogen (secondary N) is 1. The maximum atomic E-state index is 13.3. The van der Waals surface area contributed by atoms with E-state index in [4.69, 9.17) is 4.74 Å². The predicted molar refractivity (Wildman–Crippen MR) is 106 cm³/mol. The molecule has 3 rings (SSSR count). The molecule has 0 unspecified atom stereocenters. The third-order valence-corrected chi connectivity index (χ3v) is 6.49. The van der Waals surface area contributed by atoms with Gasteiger partial charge in [0.05, 0.1) is 12.0 Å². The van der Waals surface area contributed by atoms with Gasteiger partial charge in [-0.15, -0.1) is 0 Å². The molecular weight excluding hydrogens is 395 g/mol. The number of amides is 1. The van der Waals surface area contributed by atoms with Crippen molar-refractivity contribution in [3.8, 4) is 5.75 Å². The molecule has 2 aromatic carbocycles. The number of aromatic nitrogens is 1. The zero-order chi connectivity index (χ0) is 20.9. The summed E-state index contributed by atoms with van der Waals surface area (Å²) in [5.41, 5.74) is 0.681. The van der Waals surface area contributed by atoms with Crippen LogP contribution in [0.3, 0.4) is 0 Å². The van der Waals surface area contributed by atoms with Crippen LogP contribution in [0.2, 0.25) is 0 Å². The number of halogens is 1. The zero-order valence-corrected chi connectivity index (χ0v) is 16.4. The highest BCUT2D eigenvalue weighted by Gasteiger charge is 2.30. The Balaban J connectivity index is 1.88. The van der Waals surface area contributed by atoms with Gasteiger partial charge < -0.3 is 10.1 Å². The van der Waals surface area contributed by atoms with E-state index >= 15 is 0 Å². The number of benzene rings is 2. The summed E-state index contributed by atoms with van der Waals surface area (Å²) in [6, 6.07) is 14.3. The molecule has 0 saturated heterocycles. The summed E-state index contributed by atoms with van der Waals surface area (Å²) in [5.74, 6) is -0.424. The molecule has 1 atom stereocenters. The van der Waals surface area contributed by atoms with Crippen molar-refractivity contribution in [2.45, 2.75) is 10.1 Å². The fraction of sp³-hybridized carbons (Fsp3) is 0.143. The van der Waals surface area contributed by atoms with Crippen molar-refractivity contribution in [1.82, 2.24) is 10.3 Å². The molecule has 0 bridgehead atoms. The largest absolute Gasteiger partial charge is 0.497 e. The number of rotatable bonds is 7. The Hall–Kier alpha value is -3.26. The van der Waals surface area contributed by atoms with Crippen LogP contribution in [0.1, 0.15) is 21.2 Å². The van der Waals surface area contributed by atoms with Gasteiger partial charge in [-0.3, -0.25) is 9.78 Å². The predicted octanol–water partition coefficient (Wildman–Crippen LogP) is 3.17. The third-order valence-electron chi connectivity index (χ3n) is 4.37. The van der Waals surface area contributed by atoms with Gasteiger partial charge in [-0.05, 0) is 60.2 Å². The van der Waals surface area contributed by atoms with Gasteiger partial charge in [-0.25, -0.2) is 12.8 Å². The summed E-state index contributed by atoms with van der Waals surface area (Å²) in [6.45, 7) is -0.170. The second-order valence-electron chi connectivity index (χ2n) is 6.21. The first-order valence-electron chi connectivity index (χ1n) is 8.73. The summed E-state index contributed by atoms with van der Waals surface area (Å²) in [4.78, 5) is 16.5. The minimum absolute atomic E-state index is 0.100. The van der Waals surface area contributed by atoms with E-state index in [1.165, 1.54) is 55.9 Å². The number of sulfone groups is 1. The van der Waals surface area contributed by atoms with Crippen molar-refractivity contribution in [2.24, 2.45) is 0 Å². The van der Waals surface area contributed by atoms with Gasteiger partial charge in [0.15, 0.2) is 9.84 Å². The molecule has 0 fully saturated rings. The molecule has 29 heavy (non-hydrogen) atoms. The topological polar surface area (TPSA) is 85.4 Å². The number of methoxy groups -OCH3 is 1. The van der Waals surface area contributed by atoms with Crippen LogP contribution in [0.15, 0.2) is 78.0 Å². The van der Waals surface area contributed by atoms with Crippen LogP contribution < -0.4 is 10.1 Å². The highest BCUT2D eigenvalue weighted by atomic mass is 32.2. The third kappa shape index (κ3) is 4.78. The fourth-order valence-electron chi connectivity index (χ4n) is 2.79. The summed E-state index contributed by atoms with van der Waals surface area (Å²) in [5, 5.41) is 1.58. The van der Waals surface area contributed by atoms with Gasteiger partial charge in [0.25, 0.3) is 5.91 Å². The molecule has 8 heteroatoms. The van der Waals surface area contributed by atoms with Crippen LogP contribution in [0.5, 0.6) is 5.75 Å². The molecule has 1 N–H and O–H groups in total. The van der Waals surface area contributed by atoms with E-state index in [0.717, 1.165) is 0 Å². The zero-order valence-electron chi connectivity index (χ0n) is 15.6. The highest BCUT2D eigenvalue weighted by molar-refractivity contribution is 7.91. The van der Waals surface area contributed by atoms with Crippen LogP contribution in [-0.4, -0.2) is 33.0 Å². The molecule has 150 valence electrons. The summed E-state index contributed by atoms with van der Waals surface area (Å²) in [6.07, 6.45) is 2.99. The minimum Gasteiger partial charge on any atom is -0.497 e. The lowest BCUT2D eigenvalue weighted by Crippen LogP contribution is -2.32. The van der Waals surface area contributed by atoms with Crippen LogP contribution in [0, 0.1) is 5.82 Å². The van der Waals surface area contributed by atoms with Crippen molar-refractivity contribution in [3.05, 3.63) is 90.0 Å². The van der Waals surface area contributed by atoms with Crippen molar-refractivity contribution >= 4 is 15.7 Å². The highest BCUT2D eigenvalue weighted by Crippen LogP contribution is 2.29. The first-order chi connectivity index (χ1) is 13.9. The number of carbonyl (C=O) groups excluding carboxylic acids is 1. The van der Waals surface area contributed by atoms with Crippen molar-refractivity contribution in [1.29, 1.82) is 0 Å². The van der Waals surface area contributed by atoms with E-state index < -0.39 is 26.8 Å². The quantitative estimate of drug-likeness (QED) is 0.642. The summed E-state index contributed by atoms with van der Waals surface area (Å²) in [7, 11) is -2.34. The van der Waals surface area contributed by atoms with Crippen LogP contribution >= 0.6 is 0 Å². The lowest BCUT2D eigenvalue weighted by Gasteiger charge is -2.19. The molecule has 1 aromatic heterocycles. The first kappa shape index (κ1) is 20.5. The van der Waals surface area contributed by atoms with Crippen molar-refractivity contribution in [2.75, 3.05) is 13.7 Å².